The van der Waals surface area contributed by atoms with Crippen LogP contribution >= 0.6 is 0 Å². The van der Waals surface area contributed by atoms with Crippen LogP contribution in [0.1, 0.15) is 29.2 Å². The van der Waals surface area contributed by atoms with Gasteiger partial charge in [0.2, 0.25) is 0 Å². The van der Waals surface area contributed by atoms with E-state index in [1.807, 2.05) is 37.3 Å². The normalized spacial score (nSPS) is 20.3. The maximum Gasteiger partial charge on any atom is 0.257 e. The first-order valence-electron chi connectivity index (χ1n) is 9.63. The number of morpholine rings is 1. The molecule has 0 unspecified atom stereocenters. The lowest BCUT2D eigenvalue weighted by Gasteiger charge is -2.29. The number of ether oxygens (including phenoxy) is 1. The van der Waals surface area contributed by atoms with E-state index in [9.17, 15) is 9.18 Å². The smallest absolute Gasteiger partial charge is 0.257 e. The molecule has 2 aliphatic heterocycles. The van der Waals surface area contributed by atoms with Crippen LogP contribution in [0.2, 0.25) is 0 Å². The van der Waals surface area contributed by atoms with E-state index in [1.165, 1.54) is 12.1 Å². The van der Waals surface area contributed by atoms with Crippen molar-refractivity contribution in [1.82, 2.24) is 9.91 Å². The summed E-state index contributed by atoms with van der Waals surface area (Å²) in [6.45, 7) is 5.13. The van der Waals surface area contributed by atoms with Crippen molar-refractivity contribution >= 4 is 11.6 Å². The molecule has 2 aliphatic rings. The molecule has 0 spiro atoms. The highest BCUT2D eigenvalue weighted by molar-refractivity contribution is 6.03. The van der Waals surface area contributed by atoms with Crippen molar-refractivity contribution in [1.29, 1.82) is 0 Å². The number of carbonyl (C=O) groups excluding carboxylic acids is 1. The zero-order valence-electron chi connectivity index (χ0n) is 16.0. The number of aryl methyl sites for hydroxylation is 1. The van der Waals surface area contributed by atoms with E-state index in [2.05, 4.69) is 10.0 Å². The van der Waals surface area contributed by atoms with Crippen LogP contribution in [-0.4, -0.2) is 54.4 Å². The molecule has 146 valence electrons. The number of benzene rings is 2. The Bertz CT molecular complexity index is 893. The van der Waals surface area contributed by atoms with E-state index < -0.39 is 0 Å². The van der Waals surface area contributed by atoms with Gasteiger partial charge in [-0.2, -0.15) is 5.10 Å². The molecule has 28 heavy (non-hydrogen) atoms. The summed E-state index contributed by atoms with van der Waals surface area (Å²) in [4.78, 5) is 15.2. The predicted molar refractivity (Wildman–Crippen MR) is 106 cm³/mol. The Hall–Kier alpha value is -2.57. The molecule has 1 fully saturated rings. The van der Waals surface area contributed by atoms with Crippen molar-refractivity contribution in [3.63, 3.8) is 0 Å². The number of nitrogens with zero attached hydrogens (tertiary/aromatic N) is 3. The first-order chi connectivity index (χ1) is 13.6. The average Bonchev–Trinajstić information content (AvgIpc) is 3.14. The molecule has 1 saturated heterocycles. The topological polar surface area (TPSA) is 45.1 Å². The van der Waals surface area contributed by atoms with Crippen LogP contribution in [0, 0.1) is 12.7 Å². The molecule has 5 nitrogen and oxygen atoms in total. The Morgan fingerprint density at radius 3 is 2.71 bits per heavy atom. The van der Waals surface area contributed by atoms with Gasteiger partial charge < -0.3 is 4.74 Å². The highest BCUT2D eigenvalue weighted by Crippen LogP contribution is 2.34. The summed E-state index contributed by atoms with van der Waals surface area (Å²) in [5, 5.41) is 6.23. The summed E-state index contributed by atoms with van der Waals surface area (Å²) in [5.74, 6) is -0.340. The maximum atomic E-state index is 13.7. The van der Waals surface area contributed by atoms with E-state index in [0.29, 0.717) is 26.2 Å². The predicted octanol–water partition coefficient (Wildman–Crippen LogP) is 3.14. The largest absolute Gasteiger partial charge is 0.379 e. The highest BCUT2D eigenvalue weighted by Gasteiger charge is 2.34. The number of halogens is 1. The van der Waals surface area contributed by atoms with Crippen LogP contribution < -0.4 is 0 Å². The second-order valence-electron chi connectivity index (χ2n) is 7.26. The van der Waals surface area contributed by atoms with Crippen LogP contribution in [0.25, 0.3) is 0 Å². The Kier molecular flexibility index (Phi) is 5.50. The minimum atomic E-state index is -0.300. The molecule has 2 aromatic rings. The van der Waals surface area contributed by atoms with Crippen LogP contribution in [-0.2, 0) is 9.53 Å². The monoisotopic (exact) mass is 381 g/mol. The first-order valence-corrected chi connectivity index (χ1v) is 9.63. The molecule has 0 bridgehead atoms. The van der Waals surface area contributed by atoms with Crippen molar-refractivity contribution in [3.05, 3.63) is 71.0 Å². The van der Waals surface area contributed by atoms with Gasteiger partial charge >= 0.3 is 0 Å². The number of hydrazone groups is 1. The third-order valence-electron chi connectivity index (χ3n) is 5.33. The summed E-state index contributed by atoms with van der Waals surface area (Å²) in [7, 11) is 0. The summed E-state index contributed by atoms with van der Waals surface area (Å²) >= 11 is 0. The fourth-order valence-corrected chi connectivity index (χ4v) is 3.81. The lowest BCUT2D eigenvalue weighted by molar-refractivity contribution is -0.135. The Labute approximate surface area is 164 Å². The molecule has 0 aliphatic carbocycles. The number of rotatable bonds is 4. The SMILES string of the molecule is Cc1ccccc1[C@@H]1CC(c2cccc(F)c2)=NN1C(=O)CN1CCOCC1. The Balaban J connectivity index is 1.63. The van der Waals surface area contributed by atoms with Gasteiger partial charge in [0.05, 0.1) is 31.5 Å². The average molecular weight is 381 g/mol. The molecule has 2 aromatic carbocycles. The summed E-state index contributed by atoms with van der Waals surface area (Å²) in [6.07, 6.45) is 0.573. The molecule has 1 atom stereocenters. The third kappa shape index (κ3) is 3.98. The van der Waals surface area contributed by atoms with Gasteiger partial charge in [-0.3, -0.25) is 9.69 Å². The van der Waals surface area contributed by atoms with Crippen molar-refractivity contribution in [3.8, 4) is 0 Å². The van der Waals surface area contributed by atoms with E-state index in [0.717, 1.165) is 35.5 Å². The highest BCUT2D eigenvalue weighted by atomic mass is 19.1. The van der Waals surface area contributed by atoms with Gasteiger partial charge in [0.15, 0.2) is 0 Å². The van der Waals surface area contributed by atoms with Crippen LogP contribution in [0.3, 0.4) is 0 Å². The molecular weight excluding hydrogens is 357 g/mol. The van der Waals surface area contributed by atoms with Crippen molar-refractivity contribution in [2.75, 3.05) is 32.8 Å². The third-order valence-corrected chi connectivity index (χ3v) is 5.33. The summed E-state index contributed by atoms with van der Waals surface area (Å²) in [6, 6.07) is 14.3. The van der Waals surface area contributed by atoms with Gasteiger partial charge in [-0.1, -0.05) is 36.4 Å². The molecule has 0 saturated carbocycles. The second-order valence-corrected chi connectivity index (χ2v) is 7.26. The van der Waals surface area contributed by atoms with Crippen molar-refractivity contribution < 1.29 is 13.9 Å². The summed E-state index contributed by atoms with van der Waals surface area (Å²) in [5.41, 5.74) is 3.66. The van der Waals surface area contributed by atoms with Crippen LogP contribution in [0.15, 0.2) is 53.6 Å². The maximum absolute atomic E-state index is 13.7. The molecule has 2 heterocycles. The van der Waals surface area contributed by atoms with Crippen molar-refractivity contribution in [2.45, 2.75) is 19.4 Å². The molecule has 6 heteroatoms. The molecule has 0 N–H and O–H groups in total. The van der Waals surface area contributed by atoms with E-state index in [-0.39, 0.29) is 17.8 Å². The van der Waals surface area contributed by atoms with Crippen LogP contribution in [0.4, 0.5) is 4.39 Å². The van der Waals surface area contributed by atoms with E-state index in [1.54, 1.807) is 11.1 Å². The first kappa shape index (κ1) is 18.8. The van der Waals surface area contributed by atoms with Gasteiger partial charge in [0, 0.05) is 25.1 Å². The molecule has 0 radical (unpaired) electrons. The molecule has 1 amide bonds. The zero-order valence-corrected chi connectivity index (χ0v) is 16.0. The fraction of sp³-hybridized carbons (Fsp3) is 0.364. The number of hydrogen-bond donors (Lipinski definition) is 0. The zero-order chi connectivity index (χ0) is 19.5. The molecule has 0 aromatic heterocycles. The fourth-order valence-electron chi connectivity index (χ4n) is 3.81. The van der Waals surface area contributed by atoms with Gasteiger partial charge in [-0.15, -0.1) is 0 Å². The number of carbonyl (C=O) groups is 1. The lowest BCUT2D eigenvalue weighted by Crippen LogP contribution is -2.43. The van der Waals surface area contributed by atoms with Gasteiger partial charge in [0.1, 0.15) is 5.82 Å². The quantitative estimate of drug-likeness (QED) is 0.817. The van der Waals surface area contributed by atoms with Crippen molar-refractivity contribution in [2.24, 2.45) is 5.10 Å². The minimum Gasteiger partial charge on any atom is -0.379 e. The van der Waals surface area contributed by atoms with Gasteiger partial charge in [-0.25, -0.2) is 9.40 Å². The van der Waals surface area contributed by atoms with E-state index in [4.69, 9.17) is 4.74 Å². The molecular formula is C22H24FN3O2. The van der Waals surface area contributed by atoms with E-state index >= 15 is 0 Å². The Morgan fingerprint density at radius 2 is 1.96 bits per heavy atom. The van der Waals surface area contributed by atoms with Crippen LogP contribution in [0.5, 0.6) is 0 Å². The minimum absolute atomic E-state index is 0.0402. The molecule has 4 rings (SSSR count). The standard InChI is InChI=1S/C22H24FN3O2/c1-16-5-2-3-8-19(16)21-14-20(17-6-4-7-18(23)13-17)24-26(21)22(27)15-25-9-11-28-12-10-25/h2-8,13,21H,9-12,14-15H2,1H3/t21-/m0/s1. The summed E-state index contributed by atoms with van der Waals surface area (Å²) < 4.78 is 19.1. The number of hydrogen-bond acceptors (Lipinski definition) is 4. The number of amides is 1. The van der Waals surface area contributed by atoms with Gasteiger partial charge in [-0.05, 0) is 30.2 Å². The lowest BCUT2D eigenvalue weighted by atomic mass is 9.95. The Morgan fingerprint density at radius 1 is 1.18 bits per heavy atom. The van der Waals surface area contributed by atoms with Gasteiger partial charge in [0.25, 0.3) is 5.91 Å². The second kappa shape index (κ2) is 8.20.